The van der Waals surface area contributed by atoms with Gasteiger partial charge in [-0.3, -0.25) is 0 Å². The maximum Gasteiger partial charge on any atom is 0.227 e. The van der Waals surface area contributed by atoms with Crippen LogP contribution in [-0.4, -0.2) is 55.3 Å². The van der Waals surface area contributed by atoms with Gasteiger partial charge in [-0.25, -0.2) is 4.98 Å². The number of nitrogens with zero attached hydrogens (tertiary/aromatic N) is 3. The molecule has 0 bridgehead atoms. The Bertz CT molecular complexity index is 694. The lowest BCUT2D eigenvalue weighted by atomic mass is 10.2. The smallest absolute Gasteiger partial charge is 0.227 e. The molecule has 0 radical (unpaired) electrons. The number of nitrogens with two attached hydrogens (primary N) is 1. The number of ether oxygens (including phenoxy) is 2. The first-order valence-corrected chi connectivity index (χ1v) is 7.30. The number of nitrogens with one attached hydrogen (secondary N) is 1. The van der Waals surface area contributed by atoms with Gasteiger partial charge in [0.2, 0.25) is 5.95 Å². The lowest BCUT2D eigenvalue weighted by molar-refractivity contribution is 0.356. The minimum absolute atomic E-state index is 0. The summed E-state index contributed by atoms with van der Waals surface area (Å²) >= 11 is 0. The summed E-state index contributed by atoms with van der Waals surface area (Å²) in [6.07, 6.45) is 0. The molecular formula is C15H23N5O3. The van der Waals surface area contributed by atoms with Crippen molar-refractivity contribution in [3.63, 3.8) is 0 Å². The fourth-order valence-electron chi connectivity index (χ4n) is 2.72. The highest BCUT2D eigenvalue weighted by Crippen LogP contribution is 2.34. The summed E-state index contributed by atoms with van der Waals surface area (Å²) < 4.78 is 10.6. The predicted octanol–water partition coefficient (Wildman–Crippen LogP) is 0.203. The van der Waals surface area contributed by atoms with Crippen LogP contribution in [0.25, 0.3) is 10.9 Å². The average molecular weight is 321 g/mol. The number of piperazine rings is 1. The molecule has 1 fully saturated rings. The first-order chi connectivity index (χ1) is 10.6. The quantitative estimate of drug-likeness (QED) is 0.829. The number of fused-ring (bicyclic) bond motifs is 1. The van der Waals surface area contributed by atoms with Crippen molar-refractivity contribution in [1.82, 2.24) is 15.3 Å². The lowest BCUT2D eigenvalue weighted by Gasteiger charge is -2.32. The molecule has 0 saturated carbocycles. The summed E-state index contributed by atoms with van der Waals surface area (Å²) in [6, 6.07) is 4.05. The van der Waals surface area contributed by atoms with Crippen LogP contribution in [0.15, 0.2) is 12.1 Å². The van der Waals surface area contributed by atoms with Crippen LogP contribution in [0.5, 0.6) is 11.5 Å². The first kappa shape index (κ1) is 17.0. The fraction of sp³-hybridized carbons (Fsp3) is 0.467. The first-order valence-electron chi connectivity index (χ1n) is 7.30. The molecule has 8 nitrogen and oxygen atoms in total. The van der Waals surface area contributed by atoms with E-state index in [0.717, 1.165) is 30.5 Å². The van der Waals surface area contributed by atoms with E-state index in [-0.39, 0.29) is 5.48 Å². The Labute approximate surface area is 134 Å². The van der Waals surface area contributed by atoms with E-state index in [2.05, 4.69) is 27.1 Å². The van der Waals surface area contributed by atoms with Crippen molar-refractivity contribution in [3.05, 3.63) is 12.1 Å². The molecule has 3 rings (SSSR count). The molecule has 126 valence electrons. The zero-order valence-corrected chi connectivity index (χ0v) is 13.6. The van der Waals surface area contributed by atoms with Gasteiger partial charge in [0.15, 0.2) is 11.5 Å². The van der Waals surface area contributed by atoms with Gasteiger partial charge in [0.25, 0.3) is 0 Å². The van der Waals surface area contributed by atoms with Crippen LogP contribution in [0.3, 0.4) is 0 Å². The van der Waals surface area contributed by atoms with Crippen LogP contribution in [-0.2, 0) is 0 Å². The molecule has 1 atom stereocenters. The number of benzene rings is 1. The Morgan fingerprint density at radius 2 is 1.91 bits per heavy atom. The third kappa shape index (κ3) is 3.22. The molecule has 1 saturated heterocycles. The van der Waals surface area contributed by atoms with Gasteiger partial charge in [-0.05, 0) is 13.0 Å². The predicted molar refractivity (Wildman–Crippen MR) is 90.3 cm³/mol. The van der Waals surface area contributed by atoms with E-state index < -0.39 is 0 Å². The van der Waals surface area contributed by atoms with Crippen molar-refractivity contribution in [3.8, 4) is 11.5 Å². The van der Waals surface area contributed by atoms with Gasteiger partial charge in [-0.1, -0.05) is 0 Å². The Kier molecular flexibility index (Phi) is 5.07. The third-order valence-corrected chi connectivity index (χ3v) is 3.87. The summed E-state index contributed by atoms with van der Waals surface area (Å²) in [5, 5.41) is 4.17. The van der Waals surface area contributed by atoms with E-state index in [1.807, 2.05) is 12.1 Å². The van der Waals surface area contributed by atoms with Gasteiger partial charge in [0, 0.05) is 37.1 Å². The van der Waals surface area contributed by atoms with E-state index in [0.29, 0.717) is 29.3 Å². The molecule has 2 heterocycles. The summed E-state index contributed by atoms with van der Waals surface area (Å²) in [4.78, 5) is 11.3. The summed E-state index contributed by atoms with van der Waals surface area (Å²) in [6.45, 7) is 4.78. The highest BCUT2D eigenvalue weighted by atomic mass is 16.5. The monoisotopic (exact) mass is 321 g/mol. The zero-order valence-electron chi connectivity index (χ0n) is 13.6. The van der Waals surface area contributed by atoms with Crippen LogP contribution in [0.2, 0.25) is 0 Å². The van der Waals surface area contributed by atoms with Gasteiger partial charge in [0.05, 0.1) is 19.7 Å². The molecule has 1 aliphatic heterocycles. The fourth-order valence-corrected chi connectivity index (χ4v) is 2.72. The second kappa shape index (κ2) is 6.84. The number of rotatable bonds is 3. The standard InChI is InChI=1S/C15H21N5O2.H2O/c1-9-8-20(5-4-17-9)15-18-11-7-13(22-3)12(21-2)6-10(11)14(16)19-15;/h6-7,9,17H,4-5,8H2,1-3H3,(H2,16,18,19);1H2. The van der Waals surface area contributed by atoms with E-state index in [1.54, 1.807) is 14.2 Å². The highest BCUT2D eigenvalue weighted by molar-refractivity contribution is 5.91. The molecule has 1 aliphatic rings. The summed E-state index contributed by atoms with van der Waals surface area (Å²) in [7, 11) is 3.20. The maximum atomic E-state index is 6.12. The van der Waals surface area contributed by atoms with Gasteiger partial charge < -0.3 is 30.9 Å². The zero-order chi connectivity index (χ0) is 15.7. The Morgan fingerprint density at radius 3 is 2.57 bits per heavy atom. The Hall–Kier alpha value is -2.32. The molecule has 0 amide bonds. The van der Waals surface area contributed by atoms with E-state index in [9.17, 15) is 0 Å². The SMILES string of the molecule is COc1cc2nc(N3CCNC(C)C3)nc(N)c2cc1OC.O. The van der Waals surface area contributed by atoms with Gasteiger partial charge in [0.1, 0.15) is 5.82 Å². The average Bonchev–Trinajstić information content (AvgIpc) is 2.53. The topological polar surface area (TPSA) is 117 Å². The highest BCUT2D eigenvalue weighted by Gasteiger charge is 2.20. The molecule has 1 unspecified atom stereocenters. The molecule has 2 aromatic rings. The van der Waals surface area contributed by atoms with Crippen molar-refractivity contribution in [1.29, 1.82) is 0 Å². The lowest BCUT2D eigenvalue weighted by Crippen LogP contribution is -2.49. The van der Waals surface area contributed by atoms with E-state index >= 15 is 0 Å². The van der Waals surface area contributed by atoms with Crippen molar-refractivity contribution in [2.45, 2.75) is 13.0 Å². The number of nitrogen functional groups attached to an aromatic ring is 1. The molecule has 0 aliphatic carbocycles. The molecule has 1 aromatic carbocycles. The normalized spacial score (nSPS) is 17.7. The number of hydrogen-bond acceptors (Lipinski definition) is 7. The number of aromatic nitrogens is 2. The second-order valence-corrected chi connectivity index (χ2v) is 5.43. The number of hydrogen-bond donors (Lipinski definition) is 2. The van der Waals surface area contributed by atoms with Gasteiger partial charge in [-0.15, -0.1) is 0 Å². The second-order valence-electron chi connectivity index (χ2n) is 5.43. The number of anilines is 2. The van der Waals surface area contributed by atoms with E-state index in [1.165, 1.54) is 0 Å². The van der Waals surface area contributed by atoms with Crippen LogP contribution in [0.1, 0.15) is 6.92 Å². The van der Waals surface area contributed by atoms with Crippen molar-refractivity contribution >= 4 is 22.7 Å². The third-order valence-electron chi connectivity index (χ3n) is 3.87. The molecule has 23 heavy (non-hydrogen) atoms. The molecular weight excluding hydrogens is 298 g/mol. The maximum absolute atomic E-state index is 6.12. The Balaban J connectivity index is 0.00000192. The molecule has 1 aromatic heterocycles. The molecule has 0 spiro atoms. The van der Waals surface area contributed by atoms with Crippen LogP contribution in [0.4, 0.5) is 11.8 Å². The summed E-state index contributed by atoms with van der Waals surface area (Å²) in [5.41, 5.74) is 6.88. The van der Waals surface area contributed by atoms with Crippen molar-refractivity contribution in [2.24, 2.45) is 0 Å². The van der Waals surface area contributed by atoms with Crippen molar-refractivity contribution in [2.75, 3.05) is 44.5 Å². The minimum Gasteiger partial charge on any atom is -0.493 e. The van der Waals surface area contributed by atoms with E-state index in [4.69, 9.17) is 15.2 Å². The molecule has 5 N–H and O–H groups in total. The van der Waals surface area contributed by atoms with Crippen LogP contribution in [0, 0.1) is 0 Å². The summed E-state index contributed by atoms with van der Waals surface area (Å²) in [5.74, 6) is 2.36. The van der Waals surface area contributed by atoms with Crippen molar-refractivity contribution < 1.29 is 14.9 Å². The number of methoxy groups -OCH3 is 2. The van der Waals surface area contributed by atoms with Crippen LogP contribution >= 0.6 is 0 Å². The van der Waals surface area contributed by atoms with Gasteiger partial charge in [-0.2, -0.15) is 4.98 Å². The largest absolute Gasteiger partial charge is 0.493 e. The minimum atomic E-state index is 0. The molecule has 8 heteroatoms. The van der Waals surface area contributed by atoms with Crippen LogP contribution < -0.4 is 25.4 Å². The van der Waals surface area contributed by atoms with Gasteiger partial charge >= 0.3 is 0 Å². The Morgan fingerprint density at radius 1 is 1.22 bits per heavy atom.